The van der Waals surface area contributed by atoms with Crippen LogP contribution in [-0.4, -0.2) is 38.1 Å². The first-order valence-corrected chi connectivity index (χ1v) is 5.85. The van der Waals surface area contributed by atoms with Crippen molar-refractivity contribution in [1.82, 2.24) is 5.32 Å². The molecular formula is C12H16ClN3O4. The second-order valence-electron chi connectivity index (χ2n) is 3.89. The minimum Gasteiger partial charge on any atom is -0.486 e. The monoisotopic (exact) mass is 301 g/mol. The Labute approximate surface area is 122 Å². The van der Waals surface area contributed by atoms with Crippen LogP contribution in [0.15, 0.2) is 18.2 Å². The molecule has 0 aliphatic carbocycles. The summed E-state index contributed by atoms with van der Waals surface area (Å²) in [5.74, 6) is 0.534. The third-order valence-corrected chi connectivity index (χ3v) is 2.46. The summed E-state index contributed by atoms with van der Waals surface area (Å²) in [5, 5.41) is 5.02. The molecule has 20 heavy (non-hydrogen) atoms. The van der Waals surface area contributed by atoms with Crippen LogP contribution in [0, 0.1) is 0 Å². The molecule has 0 bridgehead atoms. The number of anilines is 1. The Morgan fingerprint density at radius 3 is 2.55 bits per heavy atom. The maximum Gasteiger partial charge on any atom is 0.243 e. The summed E-state index contributed by atoms with van der Waals surface area (Å²) in [4.78, 5) is 22.5. The Bertz CT molecular complexity index is 496. The molecule has 0 radical (unpaired) electrons. The van der Waals surface area contributed by atoms with Gasteiger partial charge in [-0.1, -0.05) is 0 Å². The average molecular weight is 302 g/mol. The number of amides is 2. The molecule has 0 unspecified atom stereocenters. The number of hydrogen-bond acceptors (Lipinski definition) is 5. The molecule has 0 spiro atoms. The minimum absolute atomic E-state index is 0. The van der Waals surface area contributed by atoms with E-state index in [1.165, 1.54) is 0 Å². The van der Waals surface area contributed by atoms with E-state index in [4.69, 9.17) is 15.2 Å². The van der Waals surface area contributed by atoms with Crippen LogP contribution in [0.5, 0.6) is 11.5 Å². The van der Waals surface area contributed by atoms with Crippen molar-refractivity contribution in [3.05, 3.63) is 18.2 Å². The molecule has 1 aliphatic heterocycles. The van der Waals surface area contributed by atoms with E-state index in [1.807, 2.05) is 0 Å². The van der Waals surface area contributed by atoms with Crippen LogP contribution in [0.3, 0.4) is 0 Å². The fraction of sp³-hybridized carbons (Fsp3) is 0.333. The predicted molar refractivity (Wildman–Crippen MR) is 75.4 cm³/mol. The third-order valence-electron chi connectivity index (χ3n) is 2.46. The maximum atomic E-state index is 11.6. The normalized spacial score (nSPS) is 12.1. The highest BCUT2D eigenvalue weighted by Crippen LogP contribution is 2.32. The lowest BCUT2D eigenvalue weighted by molar-refractivity contribution is -0.123. The van der Waals surface area contributed by atoms with Gasteiger partial charge in [-0.15, -0.1) is 12.4 Å². The van der Waals surface area contributed by atoms with Crippen LogP contribution in [-0.2, 0) is 9.59 Å². The highest BCUT2D eigenvalue weighted by atomic mass is 35.5. The van der Waals surface area contributed by atoms with Crippen LogP contribution < -0.4 is 25.8 Å². The van der Waals surface area contributed by atoms with E-state index >= 15 is 0 Å². The second-order valence-corrected chi connectivity index (χ2v) is 3.89. The average Bonchev–Trinajstić information content (AvgIpc) is 2.44. The first kappa shape index (κ1) is 16.1. The zero-order chi connectivity index (χ0) is 13.7. The SMILES string of the molecule is Cl.NCC(=O)NCC(=O)Nc1ccc2c(c1)OCCO2. The van der Waals surface area contributed by atoms with Crippen molar-refractivity contribution in [2.24, 2.45) is 5.73 Å². The molecular weight excluding hydrogens is 286 g/mol. The summed E-state index contributed by atoms with van der Waals surface area (Å²) in [7, 11) is 0. The molecule has 2 amide bonds. The van der Waals surface area contributed by atoms with Gasteiger partial charge in [-0.05, 0) is 12.1 Å². The summed E-state index contributed by atoms with van der Waals surface area (Å²) in [6.45, 7) is 0.739. The van der Waals surface area contributed by atoms with Gasteiger partial charge in [0.25, 0.3) is 0 Å². The number of carbonyl (C=O) groups excluding carboxylic acids is 2. The summed E-state index contributed by atoms with van der Waals surface area (Å²) in [5.41, 5.74) is 5.69. The summed E-state index contributed by atoms with van der Waals surface area (Å²) < 4.78 is 10.8. The Morgan fingerprint density at radius 2 is 1.85 bits per heavy atom. The van der Waals surface area contributed by atoms with Crippen molar-refractivity contribution in [2.45, 2.75) is 0 Å². The van der Waals surface area contributed by atoms with Gasteiger partial charge in [0.1, 0.15) is 13.2 Å². The number of carbonyl (C=O) groups is 2. The molecule has 110 valence electrons. The van der Waals surface area contributed by atoms with Crippen molar-refractivity contribution in [2.75, 3.05) is 31.6 Å². The van der Waals surface area contributed by atoms with Crippen LogP contribution in [0.2, 0.25) is 0 Å². The largest absolute Gasteiger partial charge is 0.486 e. The molecule has 2 rings (SSSR count). The lowest BCUT2D eigenvalue weighted by Crippen LogP contribution is -2.36. The van der Waals surface area contributed by atoms with Crippen molar-refractivity contribution >= 4 is 29.9 Å². The number of fused-ring (bicyclic) bond motifs is 1. The standard InChI is InChI=1S/C12H15N3O4.ClH/c13-6-11(16)14-7-12(17)15-8-1-2-9-10(5-8)19-4-3-18-9;/h1-2,5H,3-4,6-7,13H2,(H,14,16)(H,15,17);1H. The Balaban J connectivity index is 0.00000200. The van der Waals surface area contributed by atoms with E-state index < -0.39 is 0 Å². The number of nitrogens with two attached hydrogens (primary N) is 1. The van der Waals surface area contributed by atoms with Gasteiger partial charge in [0.15, 0.2) is 11.5 Å². The maximum absolute atomic E-state index is 11.6. The number of benzene rings is 1. The molecule has 0 aromatic heterocycles. The first-order valence-electron chi connectivity index (χ1n) is 5.85. The lowest BCUT2D eigenvalue weighted by atomic mass is 10.2. The highest BCUT2D eigenvalue weighted by molar-refractivity contribution is 5.95. The molecule has 0 fully saturated rings. The molecule has 7 nitrogen and oxygen atoms in total. The van der Waals surface area contributed by atoms with Crippen molar-refractivity contribution in [3.63, 3.8) is 0 Å². The van der Waals surface area contributed by atoms with E-state index in [9.17, 15) is 9.59 Å². The van der Waals surface area contributed by atoms with Crippen LogP contribution in [0.4, 0.5) is 5.69 Å². The summed E-state index contributed by atoms with van der Waals surface area (Å²) in [6.07, 6.45) is 0. The topological polar surface area (TPSA) is 103 Å². The van der Waals surface area contributed by atoms with Gasteiger partial charge in [0.2, 0.25) is 11.8 Å². The van der Waals surface area contributed by atoms with Gasteiger partial charge < -0.3 is 25.8 Å². The lowest BCUT2D eigenvalue weighted by Gasteiger charge is -2.19. The van der Waals surface area contributed by atoms with Crippen molar-refractivity contribution in [1.29, 1.82) is 0 Å². The van der Waals surface area contributed by atoms with Gasteiger partial charge >= 0.3 is 0 Å². The van der Waals surface area contributed by atoms with E-state index in [0.717, 1.165) is 0 Å². The van der Waals surface area contributed by atoms with E-state index in [1.54, 1.807) is 18.2 Å². The second kappa shape index (κ2) is 7.56. The zero-order valence-electron chi connectivity index (χ0n) is 10.7. The van der Waals surface area contributed by atoms with Crippen LogP contribution in [0.1, 0.15) is 0 Å². The molecule has 1 aliphatic rings. The van der Waals surface area contributed by atoms with E-state index in [2.05, 4.69) is 10.6 Å². The molecule has 0 atom stereocenters. The number of ether oxygens (including phenoxy) is 2. The number of halogens is 1. The molecule has 8 heteroatoms. The van der Waals surface area contributed by atoms with Crippen LogP contribution >= 0.6 is 12.4 Å². The quantitative estimate of drug-likeness (QED) is 0.720. The number of hydrogen-bond donors (Lipinski definition) is 3. The smallest absolute Gasteiger partial charge is 0.243 e. The molecule has 0 saturated heterocycles. The minimum atomic E-state index is -0.377. The molecule has 1 aromatic carbocycles. The zero-order valence-corrected chi connectivity index (χ0v) is 11.5. The fourth-order valence-electron chi connectivity index (χ4n) is 1.58. The van der Waals surface area contributed by atoms with Gasteiger partial charge in [-0.25, -0.2) is 0 Å². The number of nitrogens with one attached hydrogen (secondary N) is 2. The van der Waals surface area contributed by atoms with Gasteiger partial charge in [-0.2, -0.15) is 0 Å². The molecule has 0 saturated carbocycles. The third kappa shape index (κ3) is 4.29. The predicted octanol–water partition coefficient (Wildman–Crippen LogP) is -0.107. The summed E-state index contributed by atoms with van der Waals surface area (Å²) in [6, 6.07) is 5.11. The molecule has 1 heterocycles. The first-order chi connectivity index (χ1) is 9.19. The van der Waals surface area contributed by atoms with Crippen LogP contribution in [0.25, 0.3) is 0 Å². The van der Waals surface area contributed by atoms with Gasteiger partial charge in [0.05, 0.1) is 13.1 Å². The van der Waals surface area contributed by atoms with Crippen molar-refractivity contribution in [3.8, 4) is 11.5 Å². The highest BCUT2D eigenvalue weighted by Gasteiger charge is 2.12. The van der Waals surface area contributed by atoms with Gasteiger partial charge in [-0.3, -0.25) is 9.59 Å². The Hall–Kier alpha value is -1.99. The molecule has 1 aromatic rings. The fourth-order valence-corrected chi connectivity index (χ4v) is 1.58. The number of rotatable bonds is 4. The van der Waals surface area contributed by atoms with Gasteiger partial charge in [0, 0.05) is 11.8 Å². The van der Waals surface area contributed by atoms with E-state index in [-0.39, 0.29) is 37.3 Å². The summed E-state index contributed by atoms with van der Waals surface area (Å²) >= 11 is 0. The van der Waals surface area contributed by atoms with E-state index in [0.29, 0.717) is 30.4 Å². The Kier molecular flexibility index (Phi) is 6.08. The van der Waals surface area contributed by atoms with Crippen molar-refractivity contribution < 1.29 is 19.1 Å². The Morgan fingerprint density at radius 1 is 1.15 bits per heavy atom. The molecule has 4 N–H and O–H groups in total.